The van der Waals surface area contributed by atoms with Gasteiger partial charge < -0.3 is 10.2 Å². The van der Waals surface area contributed by atoms with Crippen molar-refractivity contribution in [3.63, 3.8) is 0 Å². The second-order valence-electron chi connectivity index (χ2n) is 6.87. The van der Waals surface area contributed by atoms with Gasteiger partial charge in [0.15, 0.2) is 0 Å². The molecule has 0 aliphatic carbocycles. The van der Waals surface area contributed by atoms with Gasteiger partial charge in [-0.2, -0.15) is 0 Å². The normalized spacial score (nSPS) is 10.8. The van der Waals surface area contributed by atoms with E-state index in [1.165, 1.54) is 23.9 Å². The molecule has 4 aromatic rings. The molecule has 0 atom stereocenters. The molecule has 164 valence electrons. The second-order valence-corrected chi connectivity index (χ2v) is 8.65. The van der Waals surface area contributed by atoms with Crippen molar-refractivity contribution in [1.82, 2.24) is 14.9 Å². The Kier molecular flexibility index (Phi) is 7.52. The molecule has 5 nitrogen and oxygen atoms in total. The van der Waals surface area contributed by atoms with E-state index in [1.54, 1.807) is 35.3 Å². The Balaban J connectivity index is 1.37. The molecule has 3 aromatic carbocycles. The van der Waals surface area contributed by atoms with Gasteiger partial charge in [0.25, 0.3) is 0 Å². The maximum atomic E-state index is 13.1. The number of nitrogens with zero attached hydrogens (tertiary/aromatic N) is 3. The van der Waals surface area contributed by atoms with E-state index in [0.717, 1.165) is 22.4 Å². The number of rotatable bonds is 9. The number of halogens is 3. The van der Waals surface area contributed by atoms with Gasteiger partial charge >= 0.3 is 0 Å². The summed E-state index contributed by atoms with van der Waals surface area (Å²) in [5.74, 6) is 1.16. The molecule has 0 fully saturated rings. The lowest BCUT2D eigenvalue weighted by Crippen LogP contribution is -2.15. The lowest BCUT2D eigenvalue weighted by molar-refractivity contribution is 0.303. The molecule has 0 unspecified atom stereocenters. The SMILES string of the molecule is Fc1ccc(CSc2nncn2NCc2ccccc2OCc2ccc(Cl)cc2Cl)cc1. The van der Waals surface area contributed by atoms with E-state index in [2.05, 4.69) is 15.6 Å². The van der Waals surface area contributed by atoms with Crippen molar-refractivity contribution in [2.24, 2.45) is 0 Å². The highest BCUT2D eigenvalue weighted by atomic mass is 35.5. The van der Waals surface area contributed by atoms with E-state index in [4.69, 9.17) is 27.9 Å². The van der Waals surface area contributed by atoms with Crippen LogP contribution >= 0.6 is 35.0 Å². The Hall–Kier alpha value is -2.74. The van der Waals surface area contributed by atoms with Crippen LogP contribution in [0.2, 0.25) is 10.0 Å². The number of ether oxygens (including phenoxy) is 1. The maximum absolute atomic E-state index is 13.1. The van der Waals surface area contributed by atoms with Crippen LogP contribution in [0, 0.1) is 5.82 Å². The largest absolute Gasteiger partial charge is 0.488 e. The predicted octanol–water partition coefficient (Wildman–Crippen LogP) is 6.34. The third-order valence-corrected chi connectivity index (χ3v) is 6.21. The van der Waals surface area contributed by atoms with Crippen molar-refractivity contribution in [3.8, 4) is 5.75 Å². The van der Waals surface area contributed by atoms with E-state index in [0.29, 0.717) is 34.1 Å². The topological polar surface area (TPSA) is 52.0 Å². The lowest BCUT2D eigenvalue weighted by Gasteiger charge is -2.14. The molecule has 1 aromatic heterocycles. The molecule has 9 heteroatoms. The van der Waals surface area contributed by atoms with Crippen LogP contribution in [0.4, 0.5) is 4.39 Å². The molecule has 32 heavy (non-hydrogen) atoms. The fourth-order valence-electron chi connectivity index (χ4n) is 2.92. The lowest BCUT2D eigenvalue weighted by atomic mass is 10.2. The van der Waals surface area contributed by atoms with E-state index < -0.39 is 0 Å². The summed E-state index contributed by atoms with van der Waals surface area (Å²) in [7, 11) is 0. The molecule has 0 bridgehead atoms. The molecule has 0 aliphatic rings. The summed E-state index contributed by atoms with van der Waals surface area (Å²) < 4.78 is 20.9. The quantitative estimate of drug-likeness (QED) is 0.278. The molecule has 1 heterocycles. The zero-order valence-electron chi connectivity index (χ0n) is 16.8. The van der Waals surface area contributed by atoms with Gasteiger partial charge in [0.1, 0.15) is 24.5 Å². The first-order valence-corrected chi connectivity index (χ1v) is 11.5. The molecule has 0 radical (unpaired) electrons. The summed E-state index contributed by atoms with van der Waals surface area (Å²) in [6.07, 6.45) is 1.62. The smallest absolute Gasteiger partial charge is 0.210 e. The van der Waals surface area contributed by atoms with E-state index in [9.17, 15) is 4.39 Å². The summed E-state index contributed by atoms with van der Waals surface area (Å²) >= 11 is 13.7. The molecule has 0 saturated carbocycles. The van der Waals surface area contributed by atoms with Gasteiger partial charge in [0.2, 0.25) is 5.16 Å². The van der Waals surface area contributed by atoms with Crippen LogP contribution in [0.1, 0.15) is 16.7 Å². The monoisotopic (exact) mass is 488 g/mol. The minimum absolute atomic E-state index is 0.247. The first-order chi connectivity index (χ1) is 15.6. The Morgan fingerprint density at radius 2 is 1.81 bits per heavy atom. The first kappa shape index (κ1) is 22.5. The minimum atomic E-state index is -0.247. The van der Waals surface area contributed by atoms with Crippen molar-refractivity contribution in [2.45, 2.75) is 24.1 Å². The van der Waals surface area contributed by atoms with Gasteiger partial charge in [0.05, 0.1) is 6.54 Å². The molecule has 0 amide bonds. The Morgan fingerprint density at radius 3 is 2.62 bits per heavy atom. The van der Waals surface area contributed by atoms with Crippen molar-refractivity contribution in [3.05, 3.63) is 106 Å². The number of nitrogens with one attached hydrogen (secondary N) is 1. The highest BCUT2D eigenvalue weighted by Gasteiger charge is 2.09. The van der Waals surface area contributed by atoms with Crippen LogP contribution in [-0.2, 0) is 18.9 Å². The highest BCUT2D eigenvalue weighted by molar-refractivity contribution is 7.98. The zero-order chi connectivity index (χ0) is 22.3. The summed E-state index contributed by atoms with van der Waals surface area (Å²) in [5.41, 5.74) is 6.14. The molecule has 0 spiro atoms. The first-order valence-electron chi connectivity index (χ1n) is 9.74. The van der Waals surface area contributed by atoms with E-state index >= 15 is 0 Å². The van der Waals surface area contributed by atoms with Crippen molar-refractivity contribution in [2.75, 3.05) is 5.43 Å². The third kappa shape index (κ3) is 5.94. The van der Waals surface area contributed by atoms with Crippen molar-refractivity contribution < 1.29 is 9.13 Å². The molecular weight excluding hydrogens is 470 g/mol. The molecule has 4 rings (SSSR count). The number of benzene rings is 3. The maximum Gasteiger partial charge on any atom is 0.210 e. The number of para-hydroxylation sites is 1. The summed E-state index contributed by atoms with van der Waals surface area (Å²) in [6, 6.07) is 19.5. The molecule has 1 N–H and O–H groups in total. The molecule has 0 aliphatic heterocycles. The molecular formula is C23H19Cl2FN4OS. The Morgan fingerprint density at radius 1 is 1.00 bits per heavy atom. The summed E-state index contributed by atoms with van der Waals surface area (Å²) in [5, 5.41) is 10.0. The van der Waals surface area contributed by atoms with Crippen LogP contribution in [0.3, 0.4) is 0 Å². The number of thioether (sulfide) groups is 1. The van der Waals surface area contributed by atoms with Crippen molar-refractivity contribution >= 4 is 35.0 Å². The van der Waals surface area contributed by atoms with Gasteiger partial charge in [-0.25, -0.2) is 9.07 Å². The van der Waals surface area contributed by atoms with Crippen LogP contribution < -0.4 is 10.2 Å². The average molecular weight is 489 g/mol. The minimum Gasteiger partial charge on any atom is -0.488 e. The fraction of sp³-hybridized carbons (Fsp3) is 0.130. The third-order valence-electron chi connectivity index (χ3n) is 4.61. The highest BCUT2D eigenvalue weighted by Crippen LogP contribution is 2.25. The van der Waals surface area contributed by atoms with Crippen LogP contribution in [0.5, 0.6) is 5.75 Å². The van der Waals surface area contributed by atoms with Gasteiger partial charge in [-0.05, 0) is 35.9 Å². The zero-order valence-corrected chi connectivity index (χ0v) is 19.2. The Bertz CT molecular complexity index is 1190. The number of hydrogen-bond acceptors (Lipinski definition) is 5. The molecule has 0 saturated heterocycles. The number of hydrogen-bond donors (Lipinski definition) is 1. The van der Waals surface area contributed by atoms with Crippen LogP contribution in [-0.4, -0.2) is 14.9 Å². The fourth-order valence-corrected chi connectivity index (χ4v) is 4.22. The van der Waals surface area contributed by atoms with Crippen LogP contribution in [0.25, 0.3) is 0 Å². The van der Waals surface area contributed by atoms with E-state index in [-0.39, 0.29) is 5.82 Å². The van der Waals surface area contributed by atoms with Crippen LogP contribution in [0.15, 0.2) is 78.2 Å². The average Bonchev–Trinajstić information content (AvgIpc) is 3.25. The van der Waals surface area contributed by atoms with Crippen molar-refractivity contribution in [1.29, 1.82) is 0 Å². The second kappa shape index (κ2) is 10.7. The van der Waals surface area contributed by atoms with Gasteiger partial charge in [-0.15, -0.1) is 10.2 Å². The Labute approximate surface area is 199 Å². The summed E-state index contributed by atoms with van der Waals surface area (Å²) in [4.78, 5) is 0. The standard InChI is InChI=1S/C23H19Cl2FN4OS/c24-19-8-7-18(21(25)11-19)13-31-22-4-2-1-3-17(22)12-28-30-15-27-29-23(30)32-14-16-5-9-20(26)10-6-16/h1-11,15,28H,12-14H2. The van der Waals surface area contributed by atoms with E-state index in [1.807, 2.05) is 30.3 Å². The summed E-state index contributed by atoms with van der Waals surface area (Å²) in [6.45, 7) is 0.838. The van der Waals surface area contributed by atoms with Gasteiger partial charge in [-0.3, -0.25) is 0 Å². The predicted molar refractivity (Wildman–Crippen MR) is 126 cm³/mol. The van der Waals surface area contributed by atoms with Gasteiger partial charge in [0, 0.05) is 26.9 Å². The number of aromatic nitrogens is 3. The van der Waals surface area contributed by atoms with Gasteiger partial charge in [-0.1, -0.05) is 71.4 Å².